The zero-order chi connectivity index (χ0) is 20.7. The monoisotopic (exact) mass is 422 g/mol. The largest absolute Gasteiger partial charge is 0.318 e. The number of aromatic nitrogens is 1. The van der Waals surface area contributed by atoms with Crippen LogP contribution in [-0.2, 0) is 4.79 Å². The Kier molecular flexibility index (Phi) is 5.15. The molecule has 1 aliphatic rings. The molecular formula is C23H19FN2OS2. The third-order valence-corrected chi connectivity index (χ3v) is 6.21. The summed E-state index contributed by atoms with van der Waals surface area (Å²) >= 11 is 6.62. The van der Waals surface area contributed by atoms with Crippen LogP contribution in [-0.4, -0.2) is 14.8 Å². The number of thioether (sulfide) groups is 1. The van der Waals surface area contributed by atoms with E-state index in [-0.39, 0.29) is 5.91 Å². The number of rotatable bonds is 3. The van der Waals surface area contributed by atoms with Gasteiger partial charge in [0.2, 0.25) is 0 Å². The summed E-state index contributed by atoms with van der Waals surface area (Å²) in [6, 6.07) is 16.3. The van der Waals surface area contributed by atoms with Crippen LogP contribution in [0.4, 0.5) is 10.1 Å². The van der Waals surface area contributed by atoms with Crippen molar-refractivity contribution in [2.24, 2.45) is 0 Å². The van der Waals surface area contributed by atoms with Gasteiger partial charge in [-0.25, -0.2) is 4.39 Å². The smallest absolute Gasteiger partial charge is 0.270 e. The average molecular weight is 423 g/mol. The Balaban J connectivity index is 1.70. The highest BCUT2D eigenvalue weighted by atomic mass is 32.2. The fourth-order valence-electron chi connectivity index (χ4n) is 3.47. The SMILES string of the molecule is Cc1ccc(-n2c(C)cc(/C=C3/SC(=S)N(c4cccc(F)c4)C3=O)c2C)cc1. The molecule has 2 heterocycles. The Labute approximate surface area is 178 Å². The quantitative estimate of drug-likeness (QED) is 0.385. The van der Waals surface area contributed by atoms with Gasteiger partial charge in [-0.2, -0.15) is 0 Å². The standard InChI is InChI=1S/C23H19FN2OS2/c1-14-7-9-19(10-8-14)25-15(2)11-17(16(25)3)12-21-22(27)26(23(28)29-21)20-6-4-5-18(24)13-20/h4-13H,1-3H3/b21-12+. The van der Waals surface area contributed by atoms with Crippen molar-refractivity contribution in [1.82, 2.24) is 4.57 Å². The molecule has 0 aliphatic carbocycles. The van der Waals surface area contributed by atoms with Gasteiger partial charge < -0.3 is 4.57 Å². The summed E-state index contributed by atoms with van der Waals surface area (Å²) in [5.41, 5.74) is 5.82. The predicted molar refractivity (Wildman–Crippen MR) is 122 cm³/mol. The summed E-state index contributed by atoms with van der Waals surface area (Å²) in [5, 5.41) is 0. The second-order valence-electron chi connectivity index (χ2n) is 6.99. The maximum absolute atomic E-state index is 13.6. The van der Waals surface area contributed by atoms with Crippen LogP contribution in [0.3, 0.4) is 0 Å². The van der Waals surface area contributed by atoms with Crippen LogP contribution in [0.2, 0.25) is 0 Å². The van der Waals surface area contributed by atoms with Gasteiger partial charge in [-0.05, 0) is 68.8 Å². The number of amides is 1. The number of carbonyl (C=O) groups is 1. The van der Waals surface area contributed by atoms with E-state index < -0.39 is 5.82 Å². The van der Waals surface area contributed by atoms with E-state index in [1.165, 1.54) is 34.4 Å². The van der Waals surface area contributed by atoms with Crippen molar-refractivity contribution in [3.05, 3.63) is 87.8 Å². The number of thiocarbonyl (C=S) groups is 1. The van der Waals surface area contributed by atoms with Gasteiger partial charge in [0, 0.05) is 17.1 Å². The van der Waals surface area contributed by atoms with E-state index in [9.17, 15) is 9.18 Å². The van der Waals surface area contributed by atoms with Crippen molar-refractivity contribution >= 4 is 46.0 Å². The van der Waals surface area contributed by atoms with E-state index in [1.807, 2.05) is 19.9 Å². The zero-order valence-electron chi connectivity index (χ0n) is 16.3. The minimum Gasteiger partial charge on any atom is -0.318 e. The molecule has 0 radical (unpaired) electrons. The zero-order valence-corrected chi connectivity index (χ0v) is 17.9. The molecule has 1 aromatic heterocycles. The molecule has 4 rings (SSSR count). The molecule has 2 aromatic carbocycles. The summed E-state index contributed by atoms with van der Waals surface area (Å²) in [7, 11) is 0. The van der Waals surface area contributed by atoms with E-state index in [4.69, 9.17) is 12.2 Å². The van der Waals surface area contributed by atoms with Crippen LogP contribution >= 0.6 is 24.0 Å². The molecule has 0 bridgehead atoms. The first kappa shape index (κ1) is 19.6. The predicted octanol–water partition coefficient (Wildman–Crippen LogP) is 5.95. The highest BCUT2D eigenvalue weighted by Gasteiger charge is 2.33. The second-order valence-corrected chi connectivity index (χ2v) is 8.67. The molecule has 1 saturated heterocycles. The third-order valence-electron chi connectivity index (χ3n) is 4.91. The van der Waals surface area contributed by atoms with Crippen molar-refractivity contribution in [2.75, 3.05) is 4.90 Å². The van der Waals surface area contributed by atoms with Gasteiger partial charge in [0.05, 0.1) is 10.6 Å². The first-order chi connectivity index (χ1) is 13.8. The normalized spacial score (nSPS) is 15.6. The van der Waals surface area contributed by atoms with Crippen LogP contribution in [0.15, 0.2) is 59.5 Å². The van der Waals surface area contributed by atoms with Crippen molar-refractivity contribution < 1.29 is 9.18 Å². The second kappa shape index (κ2) is 7.61. The number of halogens is 1. The van der Waals surface area contributed by atoms with Gasteiger partial charge in [0.15, 0.2) is 4.32 Å². The molecule has 3 aromatic rings. The highest BCUT2D eigenvalue weighted by Crippen LogP contribution is 2.37. The Bertz CT molecular complexity index is 1160. The van der Waals surface area contributed by atoms with E-state index in [2.05, 4.69) is 41.8 Å². The molecule has 0 unspecified atom stereocenters. The van der Waals surface area contributed by atoms with Crippen molar-refractivity contribution in [1.29, 1.82) is 0 Å². The van der Waals surface area contributed by atoms with Crippen molar-refractivity contribution in [3.8, 4) is 5.69 Å². The minimum atomic E-state index is -0.401. The van der Waals surface area contributed by atoms with Gasteiger partial charge in [0.1, 0.15) is 5.82 Å². The Morgan fingerprint density at radius 1 is 1.00 bits per heavy atom. The molecule has 1 fully saturated rings. The number of aryl methyl sites for hydroxylation is 2. The molecule has 0 atom stereocenters. The molecule has 3 nitrogen and oxygen atoms in total. The first-order valence-corrected chi connectivity index (χ1v) is 10.4. The highest BCUT2D eigenvalue weighted by molar-refractivity contribution is 8.27. The molecule has 0 spiro atoms. The molecule has 1 aliphatic heterocycles. The molecule has 29 heavy (non-hydrogen) atoms. The van der Waals surface area contributed by atoms with Gasteiger partial charge in [-0.15, -0.1) is 0 Å². The molecule has 1 amide bonds. The van der Waals surface area contributed by atoms with E-state index in [0.717, 1.165) is 22.6 Å². The van der Waals surface area contributed by atoms with Crippen LogP contribution in [0, 0.1) is 26.6 Å². The van der Waals surface area contributed by atoms with E-state index >= 15 is 0 Å². The third kappa shape index (κ3) is 3.66. The van der Waals surface area contributed by atoms with Crippen LogP contribution in [0.25, 0.3) is 11.8 Å². The fourth-order valence-corrected chi connectivity index (χ4v) is 4.76. The fraction of sp³-hybridized carbons (Fsp3) is 0.130. The number of hydrogen-bond acceptors (Lipinski definition) is 3. The lowest BCUT2D eigenvalue weighted by atomic mass is 10.2. The van der Waals surface area contributed by atoms with Gasteiger partial charge in [-0.3, -0.25) is 9.69 Å². The lowest BCUT2D eigenvalue weighted by molar-refractivity contribution is -0.113. The molecule has 146 valence electrons. The van der Waals surface area contributed by atoms with Crippen LogP contribution in [0.1, 0.15) is 22.5 Å². The maximum Gasteiger partial charge on any atom is 0.270 e. The topological polar surface area (TPSA) is 25.2 Å². The number of hydrogen-bond donors (Lipinski definition) is 0. The first-order valence-electron chi connectivity index (χ1n) is 9.14. The Morgan fingerprint density at radius 3 is 2.41 bits per heavy atom. The van der Waals surface area contributed by atoms with Gasteiger partial charge >= 0.3 is 0 Å². The van der Waals surface area contributed by atoms with Crippen LogP contribution < -0.4 is 4.90 Å². The Hall–Kier alpha value is -2.70. The average Bonchev–Trinajstić information content (AvgIpc) is 3.11. The maximum atomic E-state index is 13.6. The molecule has 6 heteroatoms. The van der Waals surface area contributed by atoms with Gasteiger partial charge in [0.25, 0.3) is 5.91 Å². The minimum absolute atomic E-state index is 0.231. The van der Waals surface area contributed by atoms with E-state index in [0.29, 0.717) is 14.9 Å². The van der Waals surface area contributed by atoms with Crippen molar-refractivity contribution in [3.63, 3.8) is 0 Å². The summed E-state index contributed by atoms with van der Waals surface area (Å²) < 4.78 is 16.2. The van der Waals surface area contributed by atoms with Crippen molar-refractivity contribution in [2.45, 2.75) is 20.8 Å². The summed E-state index contributed by atoms with van der Waals surface area (Å²) in [5.74, 6) is -0.632. The summed E-state index contributed by atoms with van der Waals surface area (Å²) in [6.07, 6.45) is 1.87. The number of anilines is 1. The molecular weight excluding hydrogens is 403 g/mol. The van der Waals surface area contributed by atoms with Gasteiger partial charge in [-0.1, -0.05) is 47.7 Å². The summed E-state index contributed by atoms with van der Waals surface area (Å²) in [4.78, 5) is 14.9. The number of carbonyl (C=O) groups excluding carboxylic acids is 1. The molecule has 0 saturated carbocycles. The number of benzene rings is 2. The van der Waals surface area contributed by atoms with E-state index in [1.54, 1.807) is 12.1 Å². The van der Waals surface area contributed by atoms with Crippen LogP contribution in [0.5, 0.6) is 0 Å². The lowest BCUT2D eigenvalue weighted by Gasteiger charge is -2.14. The number of nitrogens with zero attached hydrogens (tertiary/aromatic N) is 2. The molecule has 0 N–H and O–H groups in total. The Morgan fingerprint density at radius 2 is 1.72 bits per heavy atom. The lowest BCUT2D eigenvalue weighted by Crippen LogP contribution is -2.27. The summed E-state index contributed by atoms with van der Waals surface area (Å²) in [6.45, 7) is 6.14.